The predicted octanol–water partition coefficient (Wildman–Crippen LogP) is 4.47. The molecule has 1 atom stereocenters. The van der Waals surface area contributed by atoms with E-state index in [9.17, 15) is 18.0 Å². The summed E-state index contributed by atoms with van der Waals surface area (Å²) >= 11 is 6.24. The van der Waals surface area contributed by atoms with E-state index < -0.39 is 17.8 Å². The van der Waals surface area contributed by atoms with Gasteiger partial charge in [0.15, 0.2) is 0 Å². The Kier molecular flexibility index (Phi) is 6.77. The van der Waals surface area contributed by atoms with Crippen molar-refractivity contribution in [3.8, 4) is 0 Å². The van der Waals surface area contributed by atoms with Crippen LogP contribution in [0.15, 0.2) is 24.3 Å². The van der Waals surface area contributed by atoms with Crippen LogP contribution in [-0.4, -0.2) is 51.7 Å². The number of hydrogen-bond donors (Lipinski definition) is 0. The number of aryl methyl sites for hydroxylation is 1. The second-order valence-corrected chi connectivity index (χ2v) is 8.03. The average Bonchev–Trinajstić information content (AvgIpc) is 2.96. The highest BCUT2D eigenvalue weighted by Gasteiger charge is 2.32. The van der Waals surface area contributed by atoms with Crippen LogP contribution in [0.2, 0.25) is 5.02 Å². The van der Waals surface area contributed by atoms with Gasteiger partial charge in [-0.3, -0.25) is 14.4 Å². The second kappa shape index (κ2) is 8.98. The van der Waals surface area contributed by atoms with E-state index in [2.05, 4.69) is 10.00 Å². The minimum atomic E-state index is -4.35. The van der Waals surface area contributed by atoms with Crippen LogP contribution in [0.3, 0.4) is 0 Å². The molecular weight excluding hydrogens is 417 g/mol. The Balaban J connectivity index is 1.62. The summed E-state index contributed by atoms with van der Waals surface area (Å²) in [5.41, 5.74) is 1.46. The van der Waals surface area contributed by atoms with Crippen molar-refractivity contribution in [2.75, 3.05) is 26.2 Å². The second-order valence-electron chi connectivity index (χ2n) is 7.65. The lowest BCUT2D eigenvalue weighted by atomic mass is 10.1. The number of benzene rings is 1. The molecule has 0 spiro atoms. The summed E-state index contributed by atoms with van der Waals surface area (Å²) in [4.78, 5) is 17.0. The molecule has 0 bridgehead atoms. The molecule has 2 aromatic rings. The molecule has 30 heavy (non-hydrogen) atoms. The number of nitrogens with zero attached hydrogens (tertiary/aromatic N) is 4. The standard InChI is InChI=1S/C21H26ClF3N4O/c1-4-18(29-15(3)19(22)14(2)26-29)20(30)28-10-8-27(9-11-28)13-16-6-5-7-17(12-16)21(23,24)25/h5-7,12,18H,4,8-11,13H2,1-3H3. The van der Waals surface area contributed by atoms with E-state index in [4.69, 9.17) is 11.6 Å². The normalized spacial score (nSPS) is 16.7. The zero-order valence-electron chi connectivity index (χ0n) is 17.3. The molecule has 0 aliphatic carbocycles. The van der Waals surface area contributed by atoms with Crippen LogP contribution >= 0.6 is 11.6 Å². The molecule has 3 rings (SSSR count). The van der Waals surface area contributed by atoms with Gasteiger partial charge < -0.3 is 4.90 Å². The lowest BCUT2D eigenvalue weighted by Gasteiger charge is -2.36. The van der Waals surface area contributed by atoms with Crippen molar-refractivity contribution < 1.29 is 18.0 Å². The minimum Gasteiger partial charge on any atom is -0.338 e. The van der Waals surface area contributed by atoms with Gasteiger partial charge in [-0.15, -0.1) is 0 Å². The van der Waals surface area contributed by atoms with Crippen molar-refractivity contribution in [3.63, 3.8) is 0 Å². The summed E-state index contributed by atoms with van der Waals surface area (Å²) in [5.74, 6) is -0.00140. The number of rotatable bonds is 5. The number of alkyl halides is 3. The van der Waals surface area contributed by atoms with E-state index in [-0.39, 0.29) is 5.91 Å². The van der Waals surface area contributed by atoms with Crippen molar-refractivity contribution in [2.24, 2.45) is 0 Å². The van der Waals surface area contributed by atoms with E-state index in [1.807, 2.05) is 20.8 Å². The number of halogens is 4. The summed E-state index contributed by atoms with van der Waals surface area (Å²) in [5, 5.41) is 5.01. The van der Waals surface area contributed by atoms with Gasteiger partial charge in [0.05, 0.1) is 22.0 Å². The lowest BCUT2D eigenvalue weighted by molar-refractivity contribution is -0.138. The molecule has 164 valence electrons. The van der Waals surface area contributed by atoms with Crippen LogP contribution in [-0.2, 0) is 17.5 Å². The van der Waals surface area contributed by atoms with E-state index >= 15 is 0 Å². The maximum Gasteiger partial charge on any atom is 0.416 e. The zero-order valence-corrected chi connectivity index (χ0v) is 18.1. The van der Waals surface area contributed by atoms with Crippen LogP contribution in [0, 0.1) is 13.8 Å². The van der Waals surface area contributed by atoms with Gasteiger partial charge in [0, 0.05) is 32.7 Å². The number of aromatic nitrogens is 2. The number of carbonyl (C=O) groups excluding carboxylic acids is 1. The third-order valence-corrected chi connectivity index (χ3v) is 6.10. The largest absolute Gasteiger partial charge is 0.416 e. The Morgan fingerprint density at radius 2 is 1.87 bits per heavy atom. The molecule has 9 heteroatoms. The van der Waals surface area contributed by atoms with Gasteiger partial charge in [-0.1, -0.05) is 36.7 Å². The summed E-state index contributed by atoms with van der Waals surface area (Å²) in [6.07, 6.45) is -3.75. The fraction of sp³-hybridized carbons (Fsp3) is 0.524. The van der Waals surface area contributed by atoms with Gasteiger partial charge in [-0.2, -0.15) is 18.3 Å². The Morgan fingerprint density at radius 3 is 2.40 bits per heavy atom. The molecule has 1 aliphatic heterocycles. The number of piperazine rings is 1. The van der Waals surface area contributed by atoms with Crippen molar-refractivity contribution >= 4 is 17.5 Å². The molecule has 1 unspecified atom stereocenters. The Morgan fingerprint density at radius 1 is 1.20 bits per heavy atom. The first-order valence-corrected chi connectivity index (χ1v) is 10.4. The van der Waals surface area contributed by atoms with Gasteiger partial charge in [-0.05, 0) is 31.9 Å². The average molecular weight is 443 g/mol. The van der Waals surface area contributed by atoms with Crippen LogP contribution in [0.1, 0.15) is 41.9 Å². The van der Waals surface area contributed by atoms with E-state index in [1.54, 1.807) is 15.6 Å². The molecule has 1 saturated heterocycles. The van der Waals surface area contributed by atoms with Crippen molar-refractivity contribution in [3.05, 3.63) is 51.8 Å². The van der Waals surface area contributed by atoms with Crippen molar-refractivity contribution in [2.45, 2.75) is 46.0 Å². The maximum atomic E-state index is 13.1. The minimum absolute atomic E-state index is 0.00140. The van der Waals surface area contributed by atoms with Crippen LogP contribution in [0.25, 0.3) is 0 Å². The molecule has 2 heterocycles. The molecule has 1 fully saturated rings. The van der Waals surface area contributed by atoms with Gasteiger partial charge in [0.25, 0.3) is 0 Å². The van der Waals surface area contributed by atoms with Crippen LogP contribution in [0.5, 0.6) is 0 Å². The molecule has 1 aromatic heterocycles. The smallest absolute Gasteiger partial charge is 0.338 e. The van der Waals surface area contributed by atoms with E-state index in [0.717, 1.165) is 11.8 Å². The first-order chi connectivity index (χ1) is 14.1. The molecule has 1 aromatic carbocycles. The highest BCUT2D eigenvalue weighted by atomic mass is 35.5. The summed E-state index contributed by atoms with van der Waals surface area (Å²) < 4.78 is 40.5. The molecule has 0 radical (unpaired) electrons. The quantitative estimate of drug-likeness (QED) is 0.686. The van der Waals surface area contributed by atoms with Gasteiger partial charge >= 0.3 is 6.18 Å². The monoisotopic (exact) mass is 442 g/mol. The molecule has 0 saturated carbocycles. The topological polar surface area (TPSA) is 41.4 Å². The highest BCUT2D eigenvalue weighted by molar-refractivity contribution is 6.31. The molecular formula is C21H26ClF3N4O. The number of amides is 1. The summed E-state index contributed by atoms with van der Waals surface area (Å²) in [7, 11) is 0. The van der Waals surface area contributed by atoms with Gasteiger partial charge in [0.1, 0.15) is 6.04 Å². The third-order valence-electron chi connectivity index (χ3n) is 5.55. The van der Waals surface area contributed by atoms with E-state index in [0.29, 0.717) is 55.4 Å². The molecule has 1 amide bonds. The first-order valence-electron chi connectivity index (χ1n) is 10.00. The molecule has 5 nitrogen and oxygen atoms in total. The first kappa shape index (κ1) is 22.6. The predicted molar refractivity (Wildman–Crippen MR) is 109 cm³/mol. The van der Waals surface area contributed by atoms with Gasteiger partial charge in [-0.25, -0.2) is 0 Å². The highest BCUT2D eigenvalue weighted by Crippen LogP contribution is 2.30. The SMILES string of the molecule is CCC(C(=O)N1CCN(Cc2cccc(C(F)(F)F)c2)CC1)n1nc(C)c(Cl)c1C. The van der Waals surface area contributed by atoms with Crippen LogP contribution < -0.4 is 0 Å². The van der Waals surface area contributed by atoms with Crippen molar-refractivity contribution in [1.29, 1.82) is 0 Å². The number of carbonyl (C=O) groups is 1. The Labute approximate surface area is 179 Å². The Bertz CT molecular complexity index is 904. The fourth-order valence-electron chi connectivity index (χ4n) is 3.84. The third kappa shape index (κ3) is 4.81. The number of hydrogen-bond acceptors (Lipinski definition) is 3. The summed E-state index contributed by atoms with van der Waals surface area (Å²) in [6.45, 7) is 8.31. The van der Waals surface area contributed by atoms with Crippen LogP contribution in [0.4, 0.5) is 13.2 Å². The maximum absolute atomic E-state index is 13.1. The van der Waals surface area contributed by atoms with Gasteiger partial charge in [0.2, 0.25) is 5.91 Å². The van der Waals surface area contributed by atoms with Crippen molar-refractivity contribution in [1.82, 2.24) is 19.6 Å². The molecule has 0 N–H and O–H groups in total. The molecule has 1 aliphatic rings. The fourth-order valence-corrected chi connectivity index (χ4v) is 3.96. The Hall–Kier alpha value is -2.06. The zero-order chi connectivity index (χ0) is 22.1. The summed E-state index contributed by atoms with van der Waals surface area (Å²) in [6, 6.07) is 5.00. The van der Waals surface area contributed by atoms with E-state index in [1.165, 1.54) is 12.1 Å². The lowest BCUT2D eigenvalue weighted by Crippen LogP contribution is -2.50.